The van der Waals surface area contributed by atoms with E-state index in [2.05, 4.69) is 20.2 Å². The normalized spacial score (nSPS) is 13.6. The lowest BCUT2D eigenvalue weighted by Gasteiger charge is -2.39. The summed E-state index contributed by atoms with van der Waals surface area (Å²) in [5, 5.41) is 3.04. The summed E-state index contributed by atoms with van der Waals surface area (Å²) in [4.78, 5) is 23.3. The topological polar surface area (TPSA) is 67.3 Å². The number of para-hydroxylation sites is 1. The summed E-state index contributed by atoms with van der Waals surface area (Å²) in [7, 11) is 1.66. The quantitative estimate of drug-likeness (QED) is 0.674. The van der Waals surface area contributed by atoms with E-state index in [4.69, 9.17) is 4.74 Å². The minimum absolute atomic E-state index is 0.0113. The Morgan fingerprint density at radius 3 is 2.66 bits per heavy atom. The highest BCUT2D eigenvalue weighted by molar-refractivity contribution is 5.82. The Morgan fingerprint density at radius 2 is 1.86 bits per heavy atom. The van der Waals surface area contributed by atoms with Crippen molar-refractivity contribution in [3.8, 4) is 17.0 Å². The molecule has 0 atom stereocenters. The van der Waals surface area contributed by atoms with Crippen molar-refractivity contribution in [3.05, 3.63) is 72.6 Å². The van der Waals surface area contributed by atoms with Crippen LogP contribution >= 0.6 is 0 Å². The lowest BCUT2D eigenvalue weighted by molar-refractivity contribution is -0.125. The van der Waals surface area contributed by atoms with Crippen molar-refractivity contribution in [1.29, 1.82) is 0 Å². The van der Waals surface area contributed by atoms with Crippen LogP contribution in [0, 0.1) is 5.92 Å². The standard InChI is InChI=1S/C23H24N4O2/c1-29-21-10-6-5-9-18(21)11-12-24-23(28)19-14-27(15-19)22-13-20(25-16-26-22)17-7-3-2-4-8-17/h2-10,13,16,19H,11-12,14-15H2,1H3,(H,24,28). The molecule has 6 heteroatoms. The monoisotopic (exact) mass is 388 g/mol. The predicted octanol–water partition coefficient (Wildman–Crippen LogP) is 2.95. The van der Waals surface area contributed by atoms with E-state index in [1.165, 1.54) is 0 Å². The van der Waals surface area contributed by atoms with Gasteiger partial charge in [-0.25, -0.2) is 9.97 Å². The molecule has 0 radical (unpaired) electrons. The Kier molecular flexibility index (Phi) is 5.70. The minimum Gasteiger partial charge on any atom is -0.496 e. The van der Waals surface area contributed by atoms with E-state index in [1.807, 2.05) is 60.7 Å². The van der Waals surface area contributed by atoms with E-state index >= 15 is 0 Å². The molecule has 0 aliphatic carbocycles. The molecule has 4 rings (SSSR count). The molecular formula is C23H24N4O2. The smallest absolute Gasteiger partial charge is 0.226 e. The number of carbonyl (C=O) groups is 1. The third-order valence-corrected chi connectivity index (χ3v) is 5.18. The largest absolute Gasteiger partial charge is 0.496 e. The van der Waals surface area contributed by atoms with Crippen LogP contribution in [0.25, 0.3) is 11.3 Å². The number of benzene rings is 2. The first-order chi connectivity index (χ1) is 14.2. The maximum atomic E-state index is 12.4. The summed E-state index contributed by atoms with van der Waals surface area (Å²) in [6, 6.07) is 19.9. The van der Waals surface area contributed by atoms with Crippen LogP contribution in [-0.4, -0.2) is 42.6 Å². The molecule has 29 heavy (non-hydrogen) atoms. The van der Waals surface area contributed by atoms with Crippen molar-refractivity contribution in [1.82, 2.24) is 15.3 Å². The molecular weight excluding hydrogens is 364 g/mol. The molecule has 1 aliphatic rings. The van der Waals surface area contributed by atoms with Gasteiger partial charge in [0.25, 0.3) is 0 Å². The Hall–Kier alpha value is -3.41. The number of carbonyl (C=O) groups excluding carboxylic acids is 1. The molecule has 1 amide bonds. The van der Waals surface area contributed by atoms with Gasteiger partial charge in [-0.2, -0.15) is 0 Å². The third-order valence-electron chi connectivity index (χ3n) is 5.18. The van der Waals surface area contributed by atoms with Gasteiger partial charge in [0.1, 0.15) is 17.9 Å². The summed E-state index contributed by atoms with van der Waals surface area (Å²) in [5.74, 6) is 1.79. The van der Waals surface area contributed by atoms with Gasteiger partial charge in [0.15, 0.2) is 0 Å². The van der Waals surface area contributed by atoms with Gasteiger partial charge >= 0.3 is 0 Å². The highest BCUT2D eigenvalue weighted by Crippen LogP contribution is 2.26. The number of methoxy groups -OCH3 is 1. The van der Waals surface area contributed by atoms with Crippen LogP contribution in [0.4, 0.5) is 5.82 Å². The lowest BCUT2D eigenvalue weighted by Crippen LogP contribution is -2.54. The van der Waals surface area contributed by atoms with Crippen LogP contribution in [-0.2, 0) is 11.2 Å². The maximum absolute atomic E-state index is 12.4. The molecule has 1 N–H and O–H groups in total. The van der Waals surface area contributed by atoms with Crippen molar-refractivity contribution in [3.63, 3.8) is 0 Å². The number of hydrogen-bond donors (Lipinski definition) is 1. The SMILES string of the molecule is COc1ccccc1CCNC(=O)C1CN(c2cc(-c3ccccc3)ncn2)C1. The molecule has 0 bridgehead atoms. The van der Waals surface area contributed by atoms with E-state index < -0.39 is 0 Å². The average molecular weight is 388 g/mol. The zero-order valence-corrected chi connectivity index (χ0v) is 16.4. The summed E-state index contributed by atoms with van der Waals surface area (Å²) in [5.41, 5.74) is 3.04. The molecule has 0 saturated carbocycles. The first kappa shape index (κ1) is 18.9. The lowest BCUT2D eigenvalue weighted by atomic mass is 9.99. The van der Waals surface area contributed by atoms with Gasteiger partial charge in [-0.05, 0) is 18.1 Å². The number of aromatic nitrogens is 2. The predicted molar refractivity (Wildman–Crippen MR) is 113 cm³/mol. The first-order valence-electron chi connectivity index (χ1n) is 9.76. The Bertz CT molecular complexity index is 971. The minimum atomic E-state index is -0.0113. The molecule has 2 aromatic carbocycles. The molecule has 2 heterocycles. The molecule has 0 spiro atoms. The molecule has 0 unspecified atom stereocenters. The van der Waals surface area contributed by atoms with Crippen molar-refractivity contribution in [2.24, 2.45) is 5.92 Å². The zero-order chi connectivity index (χ0) is 20.1. The van der Waals surface area contributed by atoms with E-state index in [-0.39, 0.29) is 11.8 Å². The number of nitrogens with zero attached hydrogens (tertiary/aromatic N) is 3. The first-order valence-corrected chi connectivity index (χ1v) is 9.76. The van der Waals surface area contributed by atoms with Crippen LogP contribution in [0.2, 0.25) is 0 Å². The second-order valence-corrected chi connectivity index (χ2v) is 7.08. The van der Waals surface area contributed by atoms with Crippen LogP contribution in [0.15, 0.2) is 67.0 Å². The fraction of sp³-hybridized carbons (Fsp3) is 0.261. The molecule has 1 aliphatic heterocycles. The number of hydrogen-bond acceptors (Lipinski definition) is 5. The van der Waals surface area contributed by atoms with E-state index in [1.54, 1.807) is 13.4 Å². The van der Waals surface area contributed by atoms with Crippen molar-refractivity contribution in [2.45, 2.75) is 6.42 Å². The van der Waals surface area contributed by atoms with Gasteiger partial charge in [-0.1, -0.05) is 48.5 Å². The average Bonchev–Trinajstić information content (AvgIpc) is 2.74. The Morgan fingerprint density at radius 1 is 1.10 bits per heavy atom. The molecule has 3 aromatic rings. The Balaban J connectivity index is 1.28. The maximum Gasteiger partial charge on any atom is 0.226 e. The van der Waals surface area contributed by atoms with Crippen molar-refractivity contribution in [2.75, 3.05) is 31.6 Å². The molecule has 1 aromatic heterocycles. The zero-order valence-electron chi connectivity index (χ0n) is 16.4. The highest BCUT2D eigenvalue weighted by Gasteiger charge is 2.33. The fourth-order valence-electron chi connectivity index (χ4n) is 3.49. The van der Waals surface area contributed by atoms with Crippen LogP contribution in [0.5, 0.6) is 5.75 Å². The third kappa shape index (κ3) is 4.37. The second-order valence-electron chi connectivity index (χ2n) is 7.08. The molecule has 6 nitrogen and oxygen atoms in total. The Labute approximate surface area is 170 Å². The second kappa shape index (κ2) is 8.73. The van der Waals surface area contributed by atoms with Gasteiger partial charge in [-0.15, -0.1) is 0 Å². The van der Waals surface area contributed by atoms with Gasteiger partial charge < -0.3 is 15.0 Å². The molecule has 1 saturated heterocycles. The summed E-state index contributed by atoms with van der Waals surface area (Å²) < 4.78 is 5.36. The highest BCUT2D eigenvalue weighted by atomic mass is 16.5. The van der Waals surface area contributed by atoms with Crippen LogP contribution in [0.1, 0.15) is 5.56 Å². The summed E-state index contributed by atoms with van der Waals surface area (Å²) in [6.45, 7) is 1.94. The molecule has 1 fully saturated rings. The molecule has 148 valence electrons. The van der Waals surface area contributed by atoms with Gasteiger partial charge in [0.2, 0.25) is 5.91 Å². The summed E-state index contributed by atoms with van der Waals surface area (Å²) in [6.07, 6.45) is 2.33. The van der Waals surface area contributed by atoms with Gasteiger partial charge in [0, 0.05) is 31.3 Å². The fourth-order valence-corrected chi connectivity index (χ4v) is 3.49. The van der Waals surface area contributed by atoms with Crippen molar-refractivity contribution >= 4 is 11.7 Å². The van der Waals surface area contributed by atoms with Gasteiger partial charge in [0.05, 0.1) is 18.7 Å². The van der Waals surface area contributed by atoms with E-state index in [0.717, 1.165) is 34.8 Å². The van der Waals surface area contributed by atoms with Crippen LogP contribution in [0.3, 0.4) is 0 Å². The van der Waals surface area contributed by atoms with Crippen LogP contribution < -0.4 is 15.0 Å². The number of nitrogens with one attached hydrogen (secondary N) is 1. The number of amides is 1. The number of anilines is 1. The van der Waals surface area contributed by atoms with Gasteiger partial charge in [-0.3, -0.25) is 4.79 Å². The number of rotatable bonds is 7. The van der Waals surface area contributed by atoms with E-state index in [0.29, 0.717) is 19.6 Å². The number of ether oxygens (including phenoxy) is 1. The van der Waals surface area contributed by atoms with E-state index in [9.17, 15) is 4.79 Å². The summed E-state index contributed by atoms with van der Waals surface area (Å²) >= 11 is 0. The van der Waals surface area contributed by atoms with Crippen molar-refractivity contribution < 1.29 is 9.53 Å².